The fraction of sp³-hybridized carbons (Fsp3) is 0.263. The molecule has 1 aliphatic carbocycles. The number of carbonyl (C=O) groups is 1. The summed E-state index contributed by atoms with van der Waals surface area (Å²) in [6.07, 6.45) is 4.53. The molecule has 0 radical (unpaired) electrons. The topological polar surface area (TPSA) is 65.0 Å². The number of rotatable bonds is 3. The molecule has 1 fully saturated rings. The summed E-state index contributed by atoms with van der Waals surface area (Å²) >= 11 is 6.41. The summed E-state index contributed by atoms with van der Waals surface area (Å²) in [4.78, 5) is 25.0. The van der Waals surface area contributed by atoms with Crippen molar-refractivity contribution >= 4 is 28.5 Å². The minimum Gasteiger partial charge on any atom is -0.465 e. The first-order valence-electron chi connectivity index (χ1n) is 8.04. The molecule has 0 amide bonds. The number of hydrogen-bond acceptors (Lipinski definition) is 5. The van der Waals surface area contributed by atoms with E-state index in [1.807, 2.05) is 25.3 Å². The molecule has 0 N–H and O–H groups in total. The van der Waals surface area contributed by atoms with Gasteiger partial charge in [0.25, 0.3) is 0 Å². The van der Waals surface area contributed by atoms with Crippen LogP contribution in [0.5, 0.6) is 0 Å². The van der Waals surface area contributed by atoms with Gasteiger partial charge in [-0.2, -0.15) is 0 Å². The zero-order valence-corrected chi connectivity index (χ0v) is 14.6. The smallest absolute Gasteiger partial charge is 0.337 e. The Kier molecular flexibility index (Phi) is 3.88. The van der Waals surface area contributed by atoms with Crippen molar-refractivity contribution in [2.24, 2.45) is 0 Å². The number of halogens is 1. The standard InChI is InChI=1S/C19H16ClN3O2/c1-10-22-17-5-6-21-9-15(17)18(23-10)14-8-13(14)12-4-3-11(7-16(12)20)19(24)25-2/h3-7,9,13-14H,8H2,1-2H3. The highest BCUT2D eigenvalue weighted by Gasteiger charge is 2.42. The van der Waals surface area contributed by atoms with Gasteiger partial charge in [0, 0.05) is 28.7 Å². The third-order valence-electron chi connectivity index (χ3n) is 4.60. The lowest BCUT2D eigenvalue weighted by Crippen LogP contribution is -2.01. The molecule has 25 heavy (non-hydrogen) atoms. The lowest BCUT2D eigenvalue weighted by Gasteiger charge is -2.08. The van der Waals surface area contributed by atoms with Crippen LogP contribution in [0.15, 0.2) is 36.7 Å². The van der Waals surface area contributed by atoms with Crippen LogP contribution < -0.4 is 0 Å². The Morgan fingerprint density at radius 1 is 1.24 bits per heavy atom. The fourth-order valence-corrected chi connectivity index (χ4v) is 3.63. The third kappa shape index (κ3) is 2.85. The van der Waals surface area contributed by atoms with E-state index in [4.69, 9.17) is 16.3 Å². The first-order chi connectivity index (χ1) is 12.1. The average Bonchev–Trinajstić information content (AvgIpc) is 3.40. The predicted octanol–water partition coefficient (Wildman–Crippen LogP) is 4.04. The summed E-state index contributed by atoms with van der Waals surface area (Å²) in [5, 5.41) is 1.58. The molecule has 4 rings (SSSR count). The van der Waals surface area contributed by atoms with Gasteiger partial charge in [0.05, 0.1) is 23.9 Å². The summed E-state index contributed by atoms with van der Waals surface area (Å²) < 4.78 is 4.74. The molecule has 0 aliphatic heterocycles. The summed E-state index contributed by atoms with van der Waals surface area (Å²) in [5.74, 6) is 0.947. The maximum atomic E-state index is 11.6. The van der Waals surface area contributed by atoms with Crippen LogP contribution in [-0.2, 0) is 4.74 Å². The number of pyridine rings is 1. The Labute approximate surface area is 150 Å². The van der Waals surface area contributed by atoms with Crippen LogP contribution in [0.4, 0.5) is 0 Å². The van der Waals surface area contributed by atoms with Crippen LogP contribution in [0.2, 0.25) is 5.02 Å². The molecule has 6 heteroatoms. The number of hydrogen-bond donors (Lipinski definition) is 0. The van der Waals surface area contributed by atoms with Crippen molar-refractivity contribution in [2.45, 2.75) is 25.2 Å². The van der Waals surface area contributed by atoms with Crippen molar-refractivity contribution in [2.75, 3.05) is 7.11 Å². The number of aryl methyl sites for hydroxylation is 1. The van der Waals surface area contributed by atoms with E-state index in [1.54, 1.807) is 18.3 Å². The molecule has 1 aliphatic rings. The van der Waals surface area contributed by atoms with Gasteiger partial charge in [0.1, 0.15) is 5.82 Å². The Balaban J connectivity index is 1.68. The molecule has 1 aromatic carbocycles. The number of aromatic nitrogens is 3. The summed E-state index contributed by atoms with van der Waals surface area (Å²) in [7, 11) is 1.36. The molecule has 0 saturated heterocycles. The third-order valence-corrected chi connectivity index (χ3v) is 4.93. The highest BCUT2D eigenvalue weighted by molar-refractivity contribution is 6.31. The highest BCUT2D eigenvalue weighted by Crippen LogP contribution is 2.56. The molecule has 2 atom stereocenters. The molecular formula is C19H16ClN3O2. The van der Waals surface area contributed by atoms with Gasteiger partial charge in [-0.3, -0.25) is 4.98 Å². The van der Waals surface area contributed by atoms with E-state index >= 15 is 0 Å². The lowest BCUT2D eigenvalue weighted by molar-refractivity contribution is 0.0600. The van der Waals surface area contributed by atoms with Crippen LogP contribution in [0.25, 0.3) is 10.9 Å². The van der Waals surface area contributed by atoms with Gasteiger partial charge in [0.15, 0.2) is 0 Å². The molecule has 2 heterocycles. The first kappa shape index (κ1) is 16.0. The van der Waals surface area contributed by atoms with Crippen LogP contribution in [0.3, 0.4) is 0 Å². The summed E-state index contributed by atoms with van der Waals surface area (Å²) in [6, 6.07) is 7.24. The van der Waals surface area contributed by atoms with E-state index in [0.717, 1.165) is 34.4 Å². The second kappa shape index (κ2) is 6.08. The normalized spacial score (nSPS) is 19.0. The second-order valence-corrected chi connectivity index (χ2v) is 6.63. The predicted molar refractivity (Wildman–Crippen MR) is 95.0 cm³/mol. The first-order valence-corrected chi connectivity index (χ1v) is 8.42. The molecule has 1 saturated carbocycles. The monoisotopic (exact) mass is 353 g/mol. The number of nitrogens with zero attached hydrogens (tertiary/aromatic N) is 3. The van der Waals surface area contributed by atoms with Gasteiger partial charge in [-0.1, -0.05) is 17.7 Å². The maximum absolute atomic E-state index is 11.6. The lowest BCUT2D eigenvalue weighted by atomic mass is 10.0. The van der Waals surface area contributed by atoms with E-state index in [1.165, 1.54) is 7.11 Å². The summed E-state index contributed by atoms with van der Waals surface area (Å²) in [6.45, 7) is 1.90. The van der Waals surface area contributed by atoms with Gasteiger partial charge < -0.3 is 4.74 Å². The zero-order chi connectivity index (χ0) is 17.6. The fourth-order valence-electron chi connectivity index (χ4n) is 3.31. The van der Waals surface area contributed by atoms with Crippen molar-refractivity contribution in [3.05, 3.63) is 64.3 Å². The number of carbonyl (C=O) groups excluding carboxylic acids is 1. The zero-order valence-electron chi connectivity index (χ0n) is 13.9. The van der Waals surface area contributed by atoms with Crippen LogP contribution in [-0.4, -0.2) is 28.0 Å². The molecule has 126 valence electrons. The molecular weight excluding hydrogens is 338 g/mol. The second-order valence-electron chi connectivity index (χ2n) is 6.23. The van der Waals surface area contributed by atoms with E-state index in [9.17, 15) is 4.79 Å². The Hall–Kier alpha value is -2.53. The van der Waals surface area contributed by atoms with Gasteiger partial charge in [0.2, 0.25) is 0 Å². The Morgan fingerprint density at radius 3 is 2.84 bits per heavy atom. The Morgan fingerprint density at radius 2 is 2.08 bits per heavy atom. The molecule has 3 aromatic rings. The van der Waals surface area contributed by atoms with Gasteiger partial charge in [-0.05, 0) is 43.0 Å². The van der Waals surface area contributed by atoms with E-state index in [0.29, 0.717) is 10.6 Å². The molecule has 2 aromatic heterocycles. The van der Waals surface area contributed by atoms with E-state index < -0.39 is 0 Å². The maximum Gasteiger partial charge on any atom is 0.337 e. The average molecular weight is 354 g/mol. The largest absolute Gasteiger partial charge is 0.465 e. The molecule has 0 bridgehead atoms. The van der Waals surface area contributed by atoms with Crippen LogP contribution in [0, 0.1) is 6.92 Å². The minimum atomic E-state index is -0.385. The number of esters is 1. The SMILES string of the molecule is COC(=O)c1ccc(C2CC2c2nc(C)nc3ccncc23)c(Cl)c1. The van der Waals surface area contributed by atoms with Crippen molar-refractivity contribution in [1.82, 2.24) is 15.0 Å². The quantitative estimate of drug-likeness (QED) is 0.665. The molecule has 5 nitrogen and oxygen atoms in total. The van der Waals surface area contributed by atoms with Gasteiger partial charge in [-0.15, -0.1) is 0 Å². The van der Waals surface area contributed by atoms with Crippen molar-refractivity contribution in [3.63, 3.8) is 0 Å². The number of benzene rings is 1. The summed E-state index contributed by atoms with van der Waals surface area (Å²) in [5.41, 5.74) is 3.43. The molecule has 2 unspecified atom stereocenters. The number of ether oxygens (including phenoxy) is 1. The van der Waals surface area contributed by atoms with Crippen molar-refractivity contribution < 1.29 is 9.53 Å². The van der Waals surface area contributed by atoms with E-state index in [2.05, 4.69) is 15.0 Å². The van der Waals surface area contributed by atoms with Crippen molar-refractivity contribution in [1.29, 1.82) is 0 Å². The van der Waals surface area contributed by atoms with Gasteiger partial charge in [-0.25, -0.2) is 14.8 Å². The van der Waals surface area contributed by atoms with Crippen LogP contribution >= 0.6 is 11.6 Å². The molecule has 0 spiro atoms. The van der Waals surface area contributed by atoms with Crippen LogP contribution in [0.1, 0.15) is 45.7 Å². The van der Waals surface area contributed by atoms with E-state index in [-0.39, 0.29) is 17.8 Å². The minimum absolute atomic E-state index is 0.287. The number of methoxy groups -OCH3 is 1. The van der Waals surface area contributed by atoms with Gasteiger partial charge >= 0.3 is 5.97 Å². The Bertz CT molecular complexity index is 990. The highest BCUT2D eigenvalue weighted by atomic mass is 35.5. The number of fused-ring (bicyclic) bond motifs is 1. The van der Waals surface area contributed by atoms with Crippen molar-refractivity contribution in [3.8, 4) is 0 Å².